The Morgan fingerprint density at radius 1 is 0.426 bits per heavy atom. The third kappa shape index (κ3) is 16.8. The first kappa shape index (κ1) is 39.2. The van der Waals surface area contributed by atoms with E-state index >= 15 is 0 Å². The normalized spacial score (nSPS) is 28.6. The smallest absolute Gasteiger partial charge is 0.0466 e. The van der Waals surface area contributed by atoms with E-state index in [-0.39, 0.29) is 0 Å². The zero-order valence-corrected chi connectivity index (χ0v) is 32.1. The Hall–Kier alpha value is -0.560. The average Bonchev–Trinajstić information content (AvgIpc) is 3.11. The van der Waals surface area contributed by atoms with Crippen LogP contribution in [0.4, 0.5) is 0 Å². The van der Waals surface area contributed by atoms with E-state index in [0.717, 1.165) is 48.7 Å². The number of hydrogen-bond acceptors (Lipinski definition) is 1. The first-order chi connectivity index (χ1) is 23.2. The minimum Gasteiger partial charge on any atom is -0.381 e. The topological polar surface area (TPSA) is 9.23 Å². The van der Waals surface area contributed by atoms with Gasteiger partial charge < -0.3 is 4.74 Å². The lowest BCUT2D eigenvalue weighted by Crippen LogP contribution is -2.16. The van der Waals surface area contributed by atoms with Crippen molar-refractivity contribution in [2.45, 2.75) is 219 Å². The molecule has 1 heteroatoms. The SMILES string of the molecule is CCCC1CCC(CCC2CC=C(CCCCCCOCCCCCCC3=CCC(CCC4CCC(CCC)CC4)CC3)CC2)CC1. The van der Waals surface area contributed by atoms with Gasteiger partial charge in [0.15, 0.2) is 0 Å². The van der Waals surface area contributed by atoms with Crippen molar-refractivity contribution >= 4 is 0 Å². The second-order valence-corrected chi connectivity index (χ2v) is 17.5. The Kier molecular flexibility index (Phi) is 20.5. The maximum absolute atomic E-state index is 5.99. The second kappa shape index (κ2) is 24.6. The number of unbranched alkanes of at least 4 members (excludes halogenated alkanes) is 6. The third-order valence-electron chi connectivity index (χ3n) is 13.6. The Bertz CT molecular complexity index is 754. The van der Waals surface area contributed by atoms with Gasteiger partial charge >= 0.3 is 0 Å². The molecule has 0 aliphatic heterocycles. The lowest BCUT2D eigenvalue weighted by atomic mass is 9.76. The summed E-state index contributed by atoms with van der Waals surface area (Å²) in [4.78, 5) is 0. The molecule has 0 saturated heterocycles. The Morgan fingerprint density at radius 3 is 1.15 bits per heavy atom. The van der Waals surface area contributed by atoms with Crippen molar-refractivity contribution in [3.05, 3.63) is 23.3 Å². The van der Waals surface area contributed by atoms with E-state index in [1.54, 1.807) is 11.1 Å². The maximum Gasteiger partial charge on any atom is 0.0466 e. The molecule has 0 N–H and O–H groups in total. The van der Waals surface area contributed by atoms with Crippen LogP contribution in [0.3, 0.4) is 0 Å². The zero-order chi connectivity index (χ0) is 32.8. The Balaban J connectivity index is 0.871. The summed E-state index contributed by atoms with van der Waals surface area (Å²) in [5, 5.41) is 0. The van der Waals surface area contributed by atoms with Crippen molar-refractivity contribution < 1.29 is 4.74 Å². The van der Waals surface area contributed by atoms with Gasteiger partial charge in [-0.3, -0.25) is 0 Å². The average molecular weight is 651 g/mol. The molecule has 0 aromatic rings. The van der Waals surface area contributed by atoms with Gasteiger partial charge in [0.25, 0.3) is 0 Å². The van der Waals surface area contributed by atoms with Gasteiger partial charge in [0, 0.05) is 13.2 Å². The van der Waals surface area contributed by atoms with Crippen molar-refractivity contribution in [1.29, 1.82) is 0 Å². The highest BCUT2D eigenvalue weighted by Crippen LogP contribution is 2.38. The lowest BCUT2D eigenvalue weighted by Gasteiger charge is -2.30. The van der Waals surface area contributed by atoms with E-state index in [1.807, 2.05) is 0 Å². The Labute approximate surface area is 295 Å². The minimum atomic E-state index is 0.985. The second-order valence-electron chi connectivity index (χ2n) is 17.5. The van der Waals surface area contributed by atoms with Crippen LogP contribution in [-0.2, 0) is 4.74 Å². The van der Waals surface area contributed by atoms with Gasteiger partial charge in [-0.15, -0.1) is 0 Å². The molecule has 4 aliphatic carbocycles. The Morgan fingerprint density at radius 2 is 0.787 bits per heavy atom. The minimum absolute atomic E-state index is 0.985. The molecule has 0 heterocycles. The number of rotatable bonds is 24. The standard InChI is InChI=1S/C46H82O/c1-3-13-39-17-25-43(26-18-39)33-35-45-29-21-41(22-30-45)15-9-5-7-11-37-47-38-12-8-6-10-16-42-23-31-46(32-24-42)36-34-44-27-19-40(14-4-2)20-28-44/h21,23,39-40,43-46H,3-20,22,24-38H2,1-2H3. The first-order valence-electron chi connectivity index (χ1n) is 22.1. The largest absolute Gasteiger partial charge is 0.381 e. The fourth-order valence-electron chi connectivity index (χ4n) is 10.2. The fourth-order valence-corrected chi connectivity index (χ4v) is 10.2. The van der Waals surface area contributed by atoms with Crippen LogP contribution in [0.1, 0.15) is 219 Å². The molecule has 2 unspecified atom stereocenters. The summed E-state index contributed by atoms with van der Waals surface area (Å²) in [6, 6.07) is 0. The molecular formula is C46H82O. The van der Waals surface area contributed by atoms with Crippen LogP contribution in [0.15, 0.2) is 23.3 Å². The third-order valence-corrected chi connectivity index (χ3v) is 13.6. The molecule has 0 bridgehead atoms. The van der Waals surface area contributed by atoms with Gasteiger partial charge in [-0.1, -0.05) is 153 Å². The van der Waals surface area contributed by atoms with Crippen LogP contribution in [-0.4, -0.2) is 13.2 Å². The van der Waals surface area contributed by atoms with Crippen molar-refractivity contribution in [3.8, 4) is 0 Å². The summed E-state index contributed by atoms with van der Waals surface area (Å²) < 4.78 is 5.99. The van der Waals surface area contributed by atoms with E-state index < -0.39 is 0 Å². The quantitative estimate of drug-likeness (QED) is 0.0746. The van der Waals surface area contributed by atoms with E-state index in [9.17, 15) is 0 Å². The van der Waals surface area contributed by atoms with Crippen LogP contribution in [0.25, 0.3) is 0 Å². The van der Waals surface area contributed by atoms with Crippen LogP contribution < -0.4 is 0 Å². The maximum atomic E-state index is 5.99. The molecule has 47 heavy (non-hydrogen) atoms. The molecule has 1 nitrogen and oxygen atoms in total. The van der Waals surface area contributed by atoms with Gasteiger partial charge in [-0.05, 0) is 125 Å². The van der Waals surface area contributed by atoms with E-state index in [1.165, 1.54) is 205 Å². The van der Waals surface area contributed by atoms with E-state index in [2.05, 4.69) is 26.0 Å². The molecule has 4 rings (SSSR count). The molecule has 2 fully saturated rings. The molecule has 272 valence electrons. The monoisotopic (exact) mass is 651 g/mol. The van der Waals surface area contributed by atoms with Gasteiger partial charge in [0.2, 0.25) is 0 Å². The van der Waals surface area contributed by atoms with Crippen molar-refractivity contribution in [2.24, 2.45) is 35.5 Å². The van der Waals surface area contributed by atoms with Gasteiger partial charge in [-0.2, -0.15) is 0 Å². The highest BCUT2D eigenvalue weighted by Gasteiger charge is 2.24. The van der Waals surface area contributed by atoms with Crippen LogP contribution in [0, 0.1) is 35.5 Å². The van der Waals surface area contributed by atoms with Crippen molar-refractivity contribution in [3.63, 3.8) is 0 Å². The molecule has 0 aromatic carbocycles. The molecule has 2 saturated carbocycles. The summed E-state index contributed by atoms with van der Waals surface area (Å²) in [6.07, 6.45) is 51.4. The van der Waals surface area contributed by atoms with Crippen molar-refractivity contribution in [1.82, 2.24) is 0 Å². The number of ether oxygens (including phenoxy) is 1. The van der Waals surface area contributed by atoms with Crippen LogP contribution in [0.5, 0.6) is 0 Å². The fraction of sp³-hybridized carbons (Fsp3) is 0.913. The zero-order valence-electron chi connectivity index (χ0n) is 32.1. The van der Waals surface area contributed by atoms with E-state index in [4.69, 9.17) is 4.74 Å². The lowest BCUT2D eigenvalue weighted by molar-refractivity contribution is 0.125. The van der Waals surface area contributed by atoms with Gasteiger partial charge in [-0.25, -0.2) is 0 Å². The van der Waals surface area contributed by atoms with Crippen LogP contribution >= 0.6 is 0 Å². The molecule has 4 aliphatic rings. The molecule has 0 radical (unpaired) electrons. The summed E-state index contributed by atoms with van der Waals surface area (Å²) in [7, 11) is 0. The molecule has 0 spiro atoms. The molecular weight excluding hydrogens is 569 g/mol. The van der Waals surface area contributed by atoms with Gasteiger partial charge in [0.1, 0.15) is 0 Å². The number of allylic oxidation sites excluding steroid dienone is 4. The molecule has 0 amide bonds. The summed E-state index contributed by atoms with van der Waals surface area (Å²) in [5.74, 6) is 6.22. The highest BCUT2D eigenvalue weighted by atomic mass is 16.5. The predicted molar refractivity (Wildman–Crippen MR) is 207 cm³/mol. The highest BCUT2D eigenvalue weighted by molar-refractivity contribution is 5.07. The number of hydrogen-bond donors (Lipinski definition) is 0. The first-order valence-corrected chi connectivity index (χ1v) is 22.1. The summed E-state index contributed by atoms with van der Waals surface area (Å²) in [6.45, 7) is 6.69. The summed E-state index contributed by atoms with van der Waals surface area (Å²) >= 11 is 0. The van der Waals surface area contributed by atoms with E-state index in [0.29, 0.717) is 0 Å². The van der Waals surface area contributed by atoms with Crippen molar-refractivity contribution in [2.75, 3.05) is 13.2 Å². The molecule has 2 atom stereocenters. The van der Waals surface area contributed by atoms with Crippen LogP contribution in [0.2, 0.25) is 0 Å². The molecule has 0 aromatic heterocycles. The predicted octanol–water partition coefficient (Wildman–Crippen LogP) is 15.1. The van der Waals surface area contributed by atoms with Gasteiger partial charge in [0.05, 0.1) is 0 Å². The summed E-state index contributed by atoms with van der Waals surface area (Å²) in [5.41, 5.74) is 3.57.